The average Bonchev–Trinajstić information content (AvgIpc) is 2.91. The Balaban J connectivity index is 0.00000161. The number of anilines is 1. The molecule has 0 unspecified atom stereocenters. The highest BCUT2D eigenvalue weighted by Crippen LogP contribution is 2.33. The first kappa shape index (κ1) is 17.0. The summed E-state index contributed by atoms with van der Waals surface area (Å²) >= 11 is 14.5. The van der Waals surface area contributed by atoms with Crippen LogP contribution in [0.4, 0.5) is 5.13 Å². The standard InChI is InChI=1S/C12H11Cl2N3OS2.ClH/c1-17-3-2-7-8(5-17)19-12(15-7)16-11(18)6-4-9(13)20-10(6)14;/h4H,2-3,5H2,1H3,(H,15,16,18);1H. The predicted octanol–water partition coefficient (Wildman–Crippen LogP) is 4.17. The molecule has 2 aromatic heterocycles. The van der Waals surface area contributed by atoms with Gasteiger partial charge in [-0.3, -0.25) is 10.1 Å². The van der Waals surface area contributed by atoms with E-state index in [9.17, 15) is 4.79 Å². The van der Waals surface area contributed by atoms with Crippen molar-refractivity contribution in [3.05, 3.63) is 30.9 Å². The van der Waals surface area contributed by atoms with Crippen LogP contribution in [0, 0.1) is 0 Å². The molecule has 0 atom stereocenters. The summed E-state index contributed by atoms with van der Waals surface area (Å²) in [6.07, 6.45) is 0.920. The summed E-state index contributed by atoms with van der Waals surface area (Å²) in [5.41, 5.74) is 1.48. The lowest BCUT2D eigenvalue weighted by atomic mass is 10.2. The van der Waals surface area contributed by atoms with Crippen molar-refractivity contribution in [1.82, 2.24) is 9.88 Å². The number of carbonyl (C=O) groups excluding carboxylic acids is 1. The molecule has 1 aliphatic heterocycles. The van der Waals surface area contributed by atoms with Gasteiger partial charge >= 0.3 is 0 Å². The van der Waals surface area contributed by atoms with E-state index < -0.39 is 0 Å². The number of thiazole rings is 1. The quantitative estimate of drug-likeness (QED) is 0.845. The van der Waals surface area contributed by atoms with E-state index in [-0.39, 0.29) is 18.3 Å². The van der Waals surface area contributed by atoms with Crippen LogP contribution in [0.1, 0.15) is 20.9 Å². The van der Waals surface area contributed by atoms with Crippen molar-refractivity contribution < 1.29 is 4.79 Å². The average molecular weight is 385 g/mol. The fraction of sp³-hybridized carbons (Fsp3) is 0.333. The molecule has 114 valence electrons. The molecule has 0 bridgehead atoms. The molecule has 2 aromatic rings. The van der Waals surface area contributed by atoms with E-state index in [1.54, 1.807) is 6.07 Å². The van der Waals surface area contributed by atoms with Crippen LogP contribution in [0.5, 0.6) is 0 Å². The summed E-state index contributed by atoms with van der Waals surface area (Å²) < 4.78 is 0.897. The van der Waals surface area contributed by atoms with Crippen molar-refractivity contribution in [2.45, 2.75) is 13.0 Å². The van der Waals surface area contributed by atoms with Gasteiger partial charge in [-0.05, 0) is 13.1 Å². The van der Waals surface area contributed by atoms with Gasteiger partial charge < -0.3 is 4.90 Å². The Labute approximate surface area is 146 Å². The number of hydrogen-bond donors (Lipinski definition) is 1. The van der Waals surface area contributed by atoms with E-state index in [4.69, 9.17) is 23.2 Å². The van der Waals surface area contributed by atoms with E-state index in [2.05, 4.69) is 22.2 Å². The lowest BCUT2D eigenvalue weighted by Crippen LogP contribution is -2.25. The van der Waals surface area contributed by atoms with Gasteiger partial charge in [-0.15, -0.1) is 35.1 Å². The molecule has 0 aliphatic carbocycles. The number of hydrogen-bond acceptors (Lipinski definition) is 5. The second-order valence-corrected chi connectivity index (χ2v) is 7.94. The summed E-state index contributed by atoms with van der Waals surface area (Å²) in [4.78, 5) is 20.1. The van der Waals surface area contributed by atoms with Gasteiger partial charge in [0.2, 0.25) is 0 Å². The van der Waals surface area contributed by atoms with E-state index >= 15 is 0 Å². The maximum Gasteiger partial charge on any atom is 0.259 e. The minimum absolute atomic E-state index is 0. The monoisotopic (exact) mass is 383 g/mol. The van der Waals surface area contributed by atoms with Crippen molar-refractivity contribution in [2.75, 3.05) is 18.9 Å². The predicted molar refractivity (Wildman–Crippen MR) is 91.7 cm³/mol. The van der Waals surface area contributed by atoms with Crippen molar-refractivity contribution >= 4 is 69.3 Å². The Morgan fingerprint density at radius 2 is 2.19 bits per heavy atom. The van der Waals surface area contributed by atoms with Gasteiger partial charge in [-0.25, -0.2) is 4.98 Å². The van der Waals surface area contributed by atoms with Crippen LogP contribution in [-0.2, 0) is 13.0 Å². The van der Waals surface area contributed by atoms with Crippen molar-refractivity contribution in [3.8, 4) is 0 Å². The lowest BCUT2D eigenvalue weighted by Gasteiger charge is -2.20. The van der Waals surface area contributed by atoms with E-state index in [0.717, 1.165) is 25.2 Å². The molecule has 9 heteroatoms. The molecule has 3 heterocycles. The molecule has 1 amide bonds. The smallest absolute Gasteiger partial charge is 0.259 e. The third-order valence-corrected chi connectivity index (χ3v) is 5.53. The lowest BCUT2D eigenvalue weighted by molar-refractivity contribution is 0.102. The molecular weight excluding hydrogens is 373 g/mol. The van der Waals surface area contributed by atoms with Gasteiger partial charge in [0.25, 0.3) is 5.91 Å². The molecule has 0 saturated carbocycles. The van der Waals surface area contributed by atoms with Crippen molar-refractivity contribution in [1.29, 1.82) is 0 Å². The van der Waals surface area contributed by atoms with Crippen LogP contribution in [0.3, 0.4) is 0 Å². The Hall–Kier alpha value is -0.370. The van der Waals surface area contributed by atoms with Crippen LogP contribution < -0.4 is 5.32 Å². The summed E-state index contributed by atoms with van der Waals surface area (Å²) in [6, 6.07) is 1.57. The fourth-order valence-electron chi connectivity index (χ4n) is 2.04. The van der Waals surface area contributed by atoms with Crippen molar-refractivity contribution in [2.24, 2.45) is 0 Å². The molecular formula is C12H12Cl3N3OS2. The Morgan fingerprint density at radius 3 is 2.86 bits per heavy atom. The number of halogens is 3. The number of carbonyl (C=O) groups is 1. The molecule has 1 aliphatic rings. The van der Waals surface area contributed by atoms with E-state index in [1.165, 1.54) is 27.6 Å². The maximum atomic E-state index is 12.1. The number of nitrogens with zero attached hydrogens (tertiary/aromatic N) is 2. The molecule has 4 nitrogen and oxygen atoms in total. The van der Waals surface area contributed by atoms with Crippen LogP contribution in [0.15, 0.2) is 6.07 Å². The van der Waals surface area contributed by atoms with Gasteiger partial charge in [0, 0.05) is 24.4 Å². The molecule has 0 fully saturated rings. The Kier molecular flexibility index (Phi) is 5.51. The number of thiophene rings is 1. The number of fused-ring (bicyclic) bond motifs is 1. The normalized spacial score (nSPS) is 14.4. The summed E-state index contributed by atoms with van der Waals surface area (Å²) in [5.74, 6) is -0.266. The first-order chi connectivity index (χ1) is 9.52. The van der Waals surface area contributed by atoms with Gasteiger partial charge in [-0.1, -0.05) is 23.2 Å². The highest BCUT2D eigenvalue weighted by Gasteiger charge is 2.20. The minimum Gasteiger partial charge on any atom is -0.301 e. The fourth-order valence-corrected chi connectivity index (χ4v) is 4.58. The SMILES string of the molecule is CN1CCc2nc(NC(=O)c3cc(Cl)sc3Cl)sc2C1.Cl. The number of amides is 1. The van der Waals surface area contributed by atoms with Crippen LogP contribution in [0.2, 0.25) is 8.67 Å². The summed E-state index contributed by atoms with van der Waals surface area (Å²) in [7, 11) is 2.08. The number of rotatable bonds is 2. The number of nitrogens with one attached hydrogen (secondary N) is 1. The topological polar surface area (TPSA) is 45.2 Å². The molecule has 0 saturated heterocycles. The molecule has 0 aromatic carbocycles. The first-order valence-corrected chi connectivity index (χ1v) is 8.35. The van der Waals surface area contributed by atoms with Gasteiger partial charge in [0.1, 0.15) is 4.34 Å². The minimum atomic E-state index is -0.266. The zero-order valence-corrected chi connectivity index (χ0v) is 14.9. The zero-order valence-electron chi connectivity index (χ0n) is 11.0. The molecule has 3 rings (SSSR count). The third-order valence-electron chi connectivity index (χ3n) is 3.04. The van der Waals surface area contributed by atoms with E-state index in [1.807, 2.05) is 0 Å². The largest absolute Gasteiger partial charge is 0.301 e. The Bertz CT molecular complexity index is 671. The third kappa shape index (κ3) is 3.70. The molecule has 1 N–H and O–H groups in total. The maximum absolute atomic E-state index is 12.1. The van der Waals surface area contributed by atoms with Crippen LogP contribution in [-0.4, -0.2) is 29.4 Å². The molecule has 21 heavy (non-hydrogen) atoms. The molecule has 0 radical (unpaired) electrons. The number of aromatic nitrogens is 1. The first-order valence-electron chi connectivity index (χ1n) is 5.96. The van der Waals surface area contributed by atoms with Crippen LogP contribution in [0.25, 0.3) is 0 Å². The van der Waals surface area contributed by atoms with Crippen molar-refractivity contribution in [3.63, 3.8) is 0 Å². The van der Waals surface area contributed by atoms with Gasteiger partial charge in [0.05, 0.1) is 15.6 Å². The van der Waals surface area contributed by atoms with Gasteiger partial charge in [-0.2, -0.15) is 0 Å². The Morgan fingerprint density at radius 1 is 1.43 bits per heavy atom. The highest BCUT2D eigenvalue weighted by molar-refractivity contribution is 7.20. The second kappa shape index (κ2) is 6.81. The van der Waals surface area contributed by atoms with E-state index in [0.29, 0.717) is 19.4 Å². The van der Waals surface area contributed by atoms with Gasteiger partial charge in [0.15, 0.2) is 5.13 Å². The molecule has 0 spiro atoms. The van der Waals surface area contributed by atoms with Crippen LogP contribution >= 0.6 is 58.3 Å². The highest BCUT2D eigenvalue weighted by atomic mass is 35.5. The second-order valence-electron chi connectivity index (χ2n) is 4.57. The summed E-state index contributed by atoms with van der Waals surface area (Å²) in [5, 5.41) is 3.42. The summed E-state index contributed by atoms with van der Waals surface area (Å²) in [6.45, 7) is 1.88. The zero-order chi connectivity index (χ0) is 14.3. The number of likely N-dealkylation sites (N-methyl/N-ethyl adjacent to an activating group) is 1.